The zero-order valence-electron chi connectivity index (χ0n) is 14.7. The number of nitrogens with one attached hydrogen (secondary N) is 2. The van der Waals surface area contributed by atoms with Crippen LogP contribution in [0.2, 0.25) is 0 Å². The second-order valence-corrected chi connectivity index (χ2v) is 5.93. The lowest BCUT2D eigenvalue weighted by Gasteiger charge is -2.11. The van der Waals surface area contributed by atoms with Gasteiger partial charge in [-0.2, -0.15) is 0 Å². The number of aryl methyl sites for hydroxylation is 3. The van der Waals surface area contributed by atoms with Crippen molar-refractivity contribution >= 4 is 23.3 Å². The fourth-order valence-corrected chi connectivity index (χ4v) is 2.50. The van der Waals surface area contributed by atoms with Gasteiger partial charge in [-0.25, -0.2) is 0 Å². The second-order valence-electron chi connectivity index (χ2n) is 5.93. The van der Waals surface area contributed by atoms with Crippen LogP contribution < -0.4 is 10.6 Å². The van der Waals surface area contributed by atoms with E-state index in [1.807, 2.05) is 32.0 Å². The van der Waals surface area contributed by atoms with E-state index in [0.29, 0.717) is 17.1 Å². The predicted octanol–water partition coefficient (Wildman–Crippen LogP) is 3.50. The Labute approximate surface area is 150 Å². The van der Waals surface area contributed by atoms with Gasteiger partial charge >= 0.3 is 0 Å². The van der Waals surface area contributed by atoms with Gasteiger partial charge in [0.05, 0.1) is 0 Å². The lowest BCUT2D eigenvalue weighted by atomic mass is 10.1. The van der Waals surface area contributed by atoms with Crippen LogP contribution >= 0.6 is 0 Å². The van der Waals surface area contributed by atoms with Gasteiger partial charge in [-0.1, -0.05) is 23.4 Å². The number of aromatic nitrogens is 2. The van der Waals surface area contributed by atoms with E-state index >= 15 is 0 Å². The molecular formula is C19H18N4O3. The van der Waals surface area contributed by atoms with Gasteiger partial charge in [0.1, 0.15) is 11.5 Å². The van der Waals surface area contributed by atoms with Crippen LogP contribution in [0.4, 0.5) is 11.5 Å². The second kappa shape index (κ2) is 7.18. The zero-order valence-corrected chi connectivity index (χ0v) is 14.7. The van der Waals surface area contributed by atoms with Crippen molar-refractivity contribution in [2.75, 3.05) is 10.6 Å². The van der Waals surface area contributed by atoms with Crippen LogP contribution in [-0.2, 0) is 0 Å². The first-order chi connectivity index (χ1) is 12.4. The van der Waals surface area contributed by atoms with Crippen molar-refractivity contribution in [3.05, 3.63) is 70.7 Å². The van der Waals surface area contributed by atoms with E-state index in [-0.39, 0.29) is 11.6 Å². The number of anilines is 2. The Kier molecular flexibility index (Phi) is 4.79. The van der Waals surface area contributed by atoms with Gasteiger partial charge < -0.3 is 15.2 Å². The minimum Gasteiger partial charge on any atom is -0.360 e. The highest BCUT2D eigenvalue weighted by Gasteiger charge is 2.15. The minimum atomic E-state index is -0.401. The molecule has 0 saturated carbocycles. The number of carbonyl (C=O) groups excluding carboxylic acids is 2. The molecule has 0 bridgehead atoms. The summed E-state index contributed by atoms with van der Waals surface area (Å²) in [6.45, 7) is 5.56. The largest absolute Gasteiger partial charge is 0.360 e. The maximum absolute atomic E-state index is 12.5. The zero-order chi connectivity index (χ0) is 18.7. The number of hydrogen-bond donors (Lipinski definition) is 2. The summed E-state index contributed by atoms with van der Waals surface area (Å²) in [5.74, 6) is 0.116. The van der Waals surface area contributed by atoms with E-state index < -0.39 is 5.91 Å². The first-order valence-corrected chi connectivity index (χ1v) is 8.02. The van der Waals surface area contributed by atoms with Crippen LogP contribution in [0.25, 0.3) is 0 Å². The van der Waals surface area contributed by atoms with Gasteiger partial charge in [-0.3, -0.25) is 14.6 Å². The molecule has 2 N–H and O–H groups in total. The highest BCUT2D eigenvalue weighted by Crippen LogP contribution is 2.20. The Balaban J connectivity index is 1.78. The molecule has 2 aromatic heterocycles. The van der Waals surface area contributed by atoms with Gasteiger partial charge in [0.2, 0.25) is 0 Å². The average molecular weight is 350 g/mol. The van der Waals surface area contributed by atoms with Crippen LogP contribution in [0, 0.1) is 20.8 Å². The Bertz CT molecular complexity index is 958. The summed E-state index contributed by atoms with van der Waals surface area (Å²) in [6, 6.07) is 10.3. The van der Waals surface area contributed by atoms with Gasteiger partial charge in [-0.05, 0) is 44.0 Å². The number of benzene rings is 1. The summed E-state index contributed by atoms with van der Waals surface area (Å²) < 4.78 is 4.91. The van der Waals surface area contributed by atoms with Crippen molar-refractivity contribution in [3.8, 4) is 0 Å². The van der Waals surface area contributed by atoms with E-state index in [4.69, 9.17) is 4.52 Å². The summed E-state index contributed by atoms with van der Waals surface area (Å²) in [5.41, 5.74) is 3.10. The lowest BCUT2D eigenvalue weighted by Crippen LogP contribution is -2.18. The number of amides is 2. The highest BCUT2D eigenvalue weighted by atomic mass is 16.5. The van der Waals surface area contributed by atoms with E-state index in [1.165, 1.54) is 18.3 Å². The fraction of sp³-hybridized carbons (Fsp3) is 0.158. The molecule has 0 aliphatic rings. The van der Waals surface area contributed by atoms with Crippen molar-refractivity contribution in [3.63, 3.8) is 0 Å². The Morgan fingerprint density at radius 2 is 1.69 bits per heavy atom. The monoisotopic (exact) mass is 350 g/mol. The molecule has 7 nitrogen and oxygen atoms in total. The predicted molar refractivity (Wildman–Crippen MR) is 97.3 cm³/mol. The molecule has 0 aliphatic heterocycles. The maximum Gasteiger partial charge on any atom is 0.274 e. The molecule has 26 heavy (non-hydrogen) atoms. The molecule has 3 rings (SSSR count). The highest BCUT2D eigenvalue weighted by molar-refractivity contribution is 6.07. The van der Waals surface area contributed by atoms with Crippen LogP contribution in [0.15, 0.2) is 47.1 Å². The Morgan fingerprint density at radius 3 is 2.35 bits per heavy atom. The molecule has 0 spiro atoms. The number of rotatable bonds is 4. The van der Waals surface area contributed by atoms with Crippen molar-refractivity contribution < 1.29 is 14.1 Å². The number of pyridine rings is 1. The third-order valence-electron chi connectivity index (χ3n) is 3.84. The van der Waals surface area contributed by atoms with Crippen LogP contribution in [0.1, 0.15) is 37.7 Å². The molecule has 0 unspecified atom stereocenters. The topological polar surface area (TPSA) is 97.1 Å². The summed E-state index contributed by atoms with van der Waals surface area (Å²) in [6.07, 6.45) is 1.42. The smallest absolute Gasteiger partial charge is 0.274 e. The van der Waals surface area contributed by atoms with E-state index in [1.54, 1.807) is 13.0 Å². The third kappa shape index (κ3) is 3.77. The van der Waals surface area contributed by atoms with Crippen LogP contribution in [0.3, 0.4) is 0 Å². The number of carbonyl (C=O) groups is 2. The standard InChI is InChI=1S/C19H18N4O3/c1-11-5-4-6-12(2)17(11)22-19(25)15-10-14(7-8-20-15)18(24)21-16-9-13(3)26-23-16/h4-10H,1-3H3,(H,22,25)(H,21,23,24). The molecule has 132 valence electrons. The maximum atomic E-state index is 12.5. The molecule has 1 aromatic carbocycles. The number of hydrogen-bond acceptors (Lipinski definition) is 5. The molecule has 0 fully saturated rings. The molecule has 0 atom stereocenters. The fourth-order valence-electron chi connectivity index (χ4n) is 2.50. The van der Waals surface area contributed by atoms with Crippen LogP contribution in [-0.4, -0.2) is 22.0 Å². The molecular weight excluding hydrogens is 332 g/mol. The van der Waals surface area contributed by atoms with Gasteiger partial charge in [0, 0.05) is 23.5 Å². The normalized spacial score (nSPS) is 10.4. The molecule has 7 heteroatoms. The summed E-state index contributed by atoms with van der Waals surface area (Å²) in [7, 11) is 0. The van der Waals surface area contributed by atoms with Crippen molar-refractivity contribution in [1.29, 1.82) is 0 Å². The molecule has 0 saturated heterocycles. The van der Waals surface area contributed by atoms with E-state index in [2.05, 4.69) is 20.8 Å². The Morgan fingerprint density at radius 1 is 0.962 bits per heavy atom. The number of nitrogens with zero attached hydrogens (tertiary/aromatic N) is 2. The van der Waals surface area contributed by atoms with Gasteiger partial charge in [0.15, 0.2) is 5.82 Å². The summed E-state index contributed by atoms with van der Waals surface area (Å²) in [4.78, 5) is 28.9. The SMILES string of the molecule is Cc1cc(NC(=O)c2ccnc(C(=O)Nc3c(C)cccc3C)c2)no1. The first-order valence-electron chi connectivity index (χ1n) is 8.02. The van der Waals surface area contributed by atoms with Gasteiger partial charge in [-0.15, -0.1) is 0 Å². The van der Waals surface area contributed by atoms with Crippen molar-refractivity contribution in [1.82, 2.24) is 10.1 Å². The minimum absolute atomic E-state index is 0.150. The molecule has 2 amide bonds. The first kappa shape index (κ1) is 17.3. The quantitative estimate of drug-likeness (QED) is 0.750. The molecule has 0 radical (unpaired) electrons. The van der Waals surface area contributed by atoms with Gasteiger partial charge in [0.25, 0.3) is 11.8 Å². The van der Waals surface area contributed by atoms with E-state index in [9.17, 15) is 9.59 Å². The molecule has 2 heterocycles. The van der Waals surface area contributed by atoms with Crippen LogP contribution in [0.5, 0.6) is 0 Å². The number of para-hydroxylation sites is 1. The average Bonchev–Trinajstić information content (AvgIpc) is 3.03. The summed E-state index contributed by atoms with van der Waals surface area (Å²) in [5, 5.41) is 9.18. The summed E-state index contributed by atoms with van der Waals surface area (Å²) >= 11 is 0. The molecule has 3 aromatic rings. The van der Waals surface area contributed by atoms with E-state index in [0.717, 1.165) is 16.8 Å². The Hall–Kier alpha value is -3.48. The van der Waals surface area contributed by atoms with Crippen molar-refractivity contribution in [2.24, 2.45) is 0 Å². The van der Waals surface area contributed by atoms with Crippen molar-refractivity contribution in [2.45, 2.75) is 20.8 Å². The lowest BCUT2D eigenvalue weighted by molar-refractivity contribution is 0.102. The third-order valence-corrected chi connectivity index (χ3v) is 3.84. The molecule has 0 aliphatic carbocycles.